The largest absolute Gasteiger partial charge is 0.452 e. The Kier molecular flexibility index (Phi) is 5.68. The van der Waals surface area contributed by atoms with Crippen LogP contribution in [0.15, 0.2) is 11.3 Å². The van der Waals surface area contributed by atoms with E-state index in [0.29, 0.717) is 17.7 Å². The number of alkyl halides is 2. The molecule has 0 unspecified atom stereocenters. The van der Waals surface area contributed by atoms with Gasteiger partial charge in [0, 0.05) is 12.6 Å². The molecule has 1 amide bonds. The van der Waals surface area contributed by atoms with Gasteiger partial charge in [-0.15, -0.1) is 0 Å². The molecule has 0 N–H and O–H groups in total. The Bertz CT molecular complexity index is 405. The third kappa shape index (κ3) is 3.23. The zero-order chi connectivity index (χ0) is 14.6. The van der Waals surface area contributed by atoms with Crippen molar-refractivity contribution in [3.05, 3.63) is 11.3 Å². The Balaban J connectivity index is 2.82. The molecule has 6 heteroatoms. The van der Waals surface area contributed by atoms with Crippen molar-refractivity contribution in [3.8, 4) is 0 Å². The van der Waals surface area contributed by atoms with Crippen molar-refractivity contribution in [1.82, 2.24) is 4.90 Å². The number of halogens is 2. The third-order valence-electron chi connectivity index (χ3n) is 3.21. The van der Waals surface area contributed by atoms with Crippen molar-refractivity contribution in [2.24, 2.45) is 0 Å². The molecule has 19 heavy (non-hydrogen) atoms. The van der Waals surface area contributed by atoms with Crippen LogP contribution in [-0.4, -0.2) is 35.3 Å². The standard InChI is InChI=1S/C13H19Cl2NO3/c1-4-5-6-7-8-9-10(13(14,15)11(9)17)16(2)12(18)19-3/h4-8H2,1-3H3. The summed E-state index contributed by atoms with van der Waals surface area (Å²) >= 11 is 11.9. The van der Waals surface area contributed by atoms with Crippen LogP contribution in [0.1, 0.15) is 39.0 Å². The molecule has 0 saturated carbocycles. The second kappa shape index (κ2) is 6.62. The summed E-state index contributed by atoms with van der Waals surface area (Å²) in [6.07, 6.45) is 4.18. The quantitative estimate of drug-likeness (QED) is 0.555. The summed E-state index contributed by atoms with van der Waals surface area (Å²) < 4.78 is 2.99. The first kappa shape index (κ1) is 16.3. The summed E-state index contributed by atoms with van der Waals surface area (Å²) in [7, 11) is 2.77. The number of unbranched alkanes of at least 4 members (excludes halogenated alkanes) is 3. The van der Waals surface area contributed by atoms with E-state index in [1.165, 1.54) is 19.1 Å². The van der Waals surface area contributed by atoms with E-state index < -0.39 is 10.4 Å². The van der Waals surface area contributed by atoms with Crippen molar-refractivity contribution in [2.45, 2.75) is 43.4 Å². The van der Waals surface area contributed by atoms with Crippen LogP contribution in [0.25, 0.3) is 0 Å². The first-order valence-electron chi connectivity index (χ1n) is 6.35. The van der Waals surface area contributed by atoms with E-state index in [2.05, 4.69) is 11.7 Å². The highest BCUT2D eigenvalue weighted by atomic mass is 35.5. The van der Waals surface area contributed by atoms with Gasteiger partial charge in [-0.3, -0.25) is 9.69 Å². The number of allylic oxidation sites excluding steroid dienone is 2. The van der Waals surface area contributed by atoms with Crippen LogP contribution in [0.3, 0.4) is 0 Å². The van der Waals surface area contributed by atoms with E-state index in [0.717, 1.165) is 25.7 Å². The Morgan fingerprint density at radius 3 is 2.47 bits per heavy atom. The normalized spacial score (nSPS) is 17.2. The summed E-state index contributed by atoms with van der Waals surface area (Å²) in [5.74, 6) is -0.307. The summed E-state index contributed by atoms with van der Waals surface area (Å²) in [5.41, 5.74) is 0.887. The molecule has 1 aliphatic carbocycles. The van der Waals surface area contributed by atoms with Gasteiger partial charge in [0.05, 0.1) is 12.8 Å². The zero-order valence-electron chi connectivity index (χ0n) is 11.5. The topological polar surface area (TPSA) is 46.6 Å². The van der Waals surface area contributed by atoms with Crippen LogP contribution < -0.4 is 0 Å². The molecule has 0 radical (unpaired) electrons. The number of hydrogen-bond acceptors (Lipinski definition) is 3. The number of amides is 1. The van der Waals surface area contributed by atoms with Gasteiger partial charge in [0.1, 0.15) is 0 Å². The van der Waals surface area contributed by atoms with Crippen molar-refractivity contribution in [2.75, 3.05) is 14.2 Å². The second-order valence-corrected chi connectivity index (χ2v) is 5.90. The van der Waals surface area contributed by atoms with Gasteiger partial charge in [-0.2, -0.15) is 0 Å². The average molecular weight is 308 g/mol. The average Bonchev–Trinajstić information content (AvgIpc) is 2.39. The van der Waals surface area contributed by atoms with Crippen LogP contribution in [0.5, 0.6) is 0 Å². The number of hydrogen-bond donors (Lipinski definition) is 0. The SMILES string of the molecule is CCCCCCC1=C(N(C)C(=O)OC)C(Cl)(Cl)C1=O. The molecule has 0 aromatic rings. The molecule has 0 aromatic carbocycles. The highest BCUT2D eigenvalue weighted by Gasteiger charge is 2.53. The van der Waals surface area contributed by atoms with Crippen LogP contribution in [0.2, 0.25) is 0 Å². The number of carbonyl (C=O) groups is 2. The lowest BCUT2D eigenvalue weighted by Gasteiger charge is -2.38. The Morgan fingerprint density at radius 2 is 1.95 bits per heavy atom. The van der Waals surface area contributed by atoms with Crippen LogP contribution in [-0.2, 0) is 9.53 Å². The monoisotopic (exact) mass is 307 g/mol. The van der Waals surface area contributed by atoms with Gasteiger partial charge in [0.2, 0.25) is 10.1 Å². The minimum atomic E-state index is -1.62. The van der Waals surface area contributed by atoms with E-state index in [1.807, 2.05) is 0 Å². The predicted octanol–water partition coefficient (Wildman–Crippen LogP) is 3.67. The molecule has 0 bridgehead atoms. The molecule has 108 valence electrons. The minimum Gasteiger partial charge on any atom is -0.452 e. The van der Waals surface area contributed by atoms with Gasteiger partial charge in [-0.05, 0) is 12.8 Å². The lowest BCUT2D eigenvalue weighted by Crippen LogP contribution is -2.49. The van der Waals surface area contributed by atoms with Gasteiger partial charge < -0.3 is 4.74 Å². The summed E-state index contributed by atoms with van der Waals surface area (Å²) in [6, 6.07) is 0. The van der Waals surface area contributed by atoms with E-state index in [1.54, 1.807) is 0 Å². The lowest BCUT2D eigenvalue weighted by molar-refractivity contribution is -0.118. The highest BCUT2D eigenvalue weighted by Crippen LogP contribution is 2.47. The van der Waals surface area contributed by atoms with Crippen LogP contribution in [0, 0.1) is 0 Å². The number of rotatable bonds is 6. The molecule has 0 spiro atoms. The molecular formula is C13H19Cl2NO3. The molecule has 0 heterocycles. The molecule has 0 saturated heterocycles. The Hall–Kier alpha value is -0.740. The molecule has 0 aromatic heterocycles. The molecule has 4 nitrogen and oxygen atoms in total. The van der Waals surface area contributed by atoms with Crippen molar-refractivity contribution in [3.63, 3.8) is 0 Å². The fraction of sp³-hybridized carbons (Fsp3) is 0.692. The Morgan fingerprint density at radius 1 is 1.32 bits per heavy atom. The van der Waals surface area contributed by atoms with E-state index in [4.69, 9.17) is 23.2 Å². The van der Waals surface area contributed by atoms with E-state index >= 15 is 0 Å². The van der Waals surface area contributed by atoms with Crippen LogP contribution >= 0.6 is 23.2 Å². The first-order chi connectivity index (χ1) is 8.87. The fourth-order valence-corrected chi connectivity index (χ4v) is 2.84. The number of ketones is 1. The number of methoxy groups -OCH3 is 1. The van der Waals surface area contributed by atoms with Crippen LogP contribution in [0.4, 0.5) is 4.79 Å². The summed E-state index contributed by atoms with van der Waals surface area (Å²) in [4.78, 5) is 24.6. The molecule has 1 rings (SSSR count). The number of nitrogens with zero attached hydrogens (tertiary/aromatic N) is 1. The highest BCUT2D eigenvalue weighted by molar-refractivity contribution is 6.65. The fourth-order valence-electron chi connectivity index (χ4n) is 2.13. The van der Waals surface area contributed by atoms with Gasteiger partial charge in [0.25, 0.3) is 0 Å². The first-order valence-corrected chi connectivity index (χ1v) is 7.11. The Labute approximate surface area is 123 Å². The zero-order valence-corrected chi connectivity index (χ0v) is 13.0. The van der Waals surface area contributed by atoms with Crippen molar-refractivity contribution >= 4 is 35.1 Å². The maximum absolute atomic E-state index is 11.9. The van der Waals surface area contributed by atoms with E-state index in [-0.39, 0.29) is 5.78 Å². The predicted molar refractivity (Wildman–Crippen MR) is 75.4 cm³/mol. The van der Waals surface area contributed by atoms with Gasteiger partial charge in [-0.1, -0.05) is 49.4 Å². The number of carbonyl (C=O) groups excluding carboxylic acids is 2. The summed E-state index contributed by atoms with van der Waals surface area (Å²) in [5, 5.41) is 0. The molecule has 0 fully saturated rings. The third-order valence-corrected chi connectivity index (χ3v) is 3.91. The molecule has 1 aliphatic rings. The molecule has 0 atom stereocenters. The maximum Gasteiger partial charge on any atom is 0.413 e. The summed E-state index contributed by atoms with van der Waals surface area (Å²) in [6.45, 7) is 2.12. The maximum atomic E-state index is 11.9. The van der Waals surface area contributed by atoms with Gasteiger partial charge >= 0.3 is 6.09 Å². The van der Waals surface area contributed by atoms with Crippen molar-refractivity contribution < 1.29 is 14.3 Å². The molecule has 0 aliphatic heterocycles. The second-order valence-electron chi connectivity index (χ2n) is 4.57. The van der Waals surface area contributed by atoms with E-state index in [9.17, 15) is 9.59 Å². The lowest BCUT2D eigenvalue weighted by atomic mass is 9.86. The molecular weight excluding hydrogens is 289 g/mol. The van der Waals surface area contributed by atoms with Gasteiger partial charge in [-0.25, -0.2) is 4.79 Å². The smallest absolute Gasteiger partial charge is 0.413 e. The van der Waals surface area contributed by atoms with Gasteiger partial charge in [0.15, 0.2) is 0 Å². The minimum absolute atomic E-state index is 0.307. The number of Topliss-reactive ketones (excluding diaryl/α,β-unsaturated/α-hetero) is 1. The number of ether oxygens (including phenoxy) is 1. The van der Waals surface area contributed by atoms with Crippen molar-refractivity contribution in [1.29, 1.82) is 0 Å².